The van der Waals surface area contributed by atoms with Gasteiger partial charge < -0.3 is 5.11 Å². The molecule has 0 heterocycles. The maximum atomic E-state index is 15.0. The van der Waals surface area contributed by atoms with E-state index in [-0.39, 0.29) is 10.8 Å². The maximum absolute atomic E-state index is 15.0. The van der Waals surface area contributed by atoms with Gasteiger partial charge in [-0.2, -0.15) is 0 Å². The fourth-order valence-electron chi connectivity index (χ4n) is 3.47. The highest BCUT2D eigenvalue weighted by Crippen LogP contribution is 2.47. The van der Waals surface area contributed by atoms with Gasteiger partial charge in [-0.25, -0.2) is 4.39 Å². The predicted molar refractivity (Wildman–Crippen MR) is 104 cm³/mol. The van der Waals surface area contributed by atoms with E-state index in [1.165, 1.54) is 0 Å². The molecule has 1 N–H and O–H groups in total. The minimum atomic E-state index is -1.79. The zero-order chi connectivity index (χ0) is 17.5. The van der Waals surface area contributed by atoms with E-state index in [9.17, 15) is 5.11 Å². The largest absolute Gasteiger partial charge is 0.384 e. The number of rotatable bonds is 3. The van der Waals surface area contributed by atoms with Crippen molar-refractivity contribution in [3.63, 3.8) is 0 Å². The molecule has 1 aromatic carbocycles. The first-order chi connectivity index (χ1) is 10.4. The summed E-state index contributed by atoms with van der Waals surface area (Å²) >= 11 is 1.72. The number of hydrogen-bond acceptors (Lipinski definition) is 1. The summed E-state index contributed by atoms with van der Waals surface area (Å²) in [5.41, 5.74) is 2.46. The lowest BCUT2D eigenvalue weighted by atomic mass is 9.69. The molecule has 1 aliphatic carbocycles. The van der Waals surface area contributed by atoms with Gasteiger partial charge in [0.15, 0.2) is 0 Å². The molecule has 0 saturated carbocycles. The first-order valence-electron chi connectivity index (χ1n) is 7.99. The molecule has 126 valence electrons. The summed E-state index contributed by atoms with van der Waals surface area (Å²) < 4.78 is 13.2. The monoisotopic (exact) mass is 428 g/mol. The fourth-order valence-corrected chi connectivity index (χ4v) is 4.14. The maximum Gasteiger partial charge on any atom is 0.209 e. The lowest BCUT2D eigenvalue weighted by Gasteiger charge is -2.38. The second kappa shape index (κ2) is 6.32. The van der Waals surface area contributed by atoms with Crippen LogP contribution in [0.25, 0.3) is 5.57 Å². The SMILES string of the molecule is CC(C)(C)CC(C)(C)C1=CC(F)(I)C(O)C(c2ccccc2)=C1. The van der Waals surface area contributed by atoms with Gasteiger partial charge in [0.25, 0.3) is 0 Å². The summed E-state index contributed by atoms with van der Waals surface area (Å²) in [7, 11) is 0. The summed E-state index contributed by atoms with van der Waals surface area (Å²) in [6, 6.07) is 9.58. The van der Waals surface area contributed by atoms with Gasteiger partial charge in [0.1, 0.15) is 6.10 Å². The average Bonchev–Trinajstić information content (AvgIpc) is 2.40. The van der Waals surface area contributed by atoms with Gasteiger partial charge in [0.2, 0.25) is 3.68 Å². The molecule has 1 aromatic rings. The van der Waals surface area contributed by atoms with Gasteiger partial charge >= 0.3 is 0 Å². The predicted octanol–water partition coefficient (Wildman–Crippen LogP) is 5.93. The third-order valence-electron chi connectivity index (χ3n) is 4.18. The average molecular weight is 428 g/mol. The lowest BCUT2D eigenvalue weighted by Crippen LogP contribution is -2.36. The third kappa shape index (κ3) is 4.44. The molecule has 0 aromatic heterocycles. The number of hydrogen-bond donors (Lipinski definition) is 1. The molecule has 1 nitrogen and oxygen atoms in total. The Morgan fingerprint density at radius 2 is 1.70 bits per heavy atom. The first-order valence-corrected chi connectivity index (χ1v) is 9.06. The van der Waals surface area contributed by atoms with Crippen LogP contribution in [-0.2, 0) is 0 Å². The van der Waals surface area contributed by atoms with E-state index in [0.717, 1.165) is 17.6 Å². The Kier molecular flexibility index (Phi) is 5.13. The minimum absolute atomic E-state index is 0.144. The summed E-state index contributed by atoms with van der Waals surface area (Å²) in [5.74, 6) is 0. The highest BCUT2D eigenvalue weighted by Gasteiger charge is 2.42. The molecule has 0 fully saturated rings. The van der Waals surface area contributed by atoms with Crippen molar-refractivity contribution in [2.45, 2.75) is 50.8 Å². The van der Waals surface area contributed by atoms with Crippen molar-refractivity contribution in [1.82, 2.24) is 0 Å². The third-order valence-corrected chi connectivity index (χ3v) is 5.08. The zero-order valence-electron chi connectivity index (χ0n) is 14.5. The van der Waals surface area contributed by atoms with Crippen LogP contribution >= 0.6 is 22.6 Å². The molecule has 1 aliphatic rings. The summed E-state index contributed by atoms with van der Waals surface area (Å²) in [5, 5.41) is 10.5. The lowest BCUT2D eigenvalue weighted by molar-refractivity contribution is 0.137. The van der Waals surface area contributed by atoms with Gasteiger partial charge in [-0.3, -0.25) is 0 Å². The smallest absolute Gasteiger partial charge is 0.209 e. The van der Waals surface area contributed by atoms with E-state index < -0.39 is 9.78 Å². The van der Waals surface area contributed by atoms with Crippen molar-refractivity contribution in [3.8, 4) is 0 Å². The molecule has 2 atom stereocenters. The first kappa shape index (κ1) is 18.7. The highest BCUT2D eigenvalue weighted by atomic mass is 127. The summed E-state index contributed by atoms with van der Waals surface area (Å²) in [6.45, 7) is 10.9. The van der Waals surface area contributed by atoms with Crippen molar-refractivity contribution in [2.75, 3.05) is 0 Å². The van der Waals surface area contributed by atoms with Crippen LogP contribution in [0.4, 0.5) is 4.39 Å². The van der Waals surface area contributed by atoms with E-state index in [1.807, 2.05) is 36.4 Å². The Morgan fingerprint density at radius 1 is 1.13 bits per heavy atom. The van der Waals surface area contributed by atoms with Crippen molar-refractivity contribution >= 4 is 28.2 Å². The topological polar surface area (TPSA) is 20.2 Å². The van der Waals surface area contributed by atoms with Crippen molar-refractivity contribution in [1.29, 1.82) is 0 Å². The zero-order valence-corrected chi connectivity index (χ0v) is 16.7. The molecule has 0 amide bonds. The highest BCUT2D eigenvalue weighted by molar-refractivity contribution is 14.1. The second-order valence-corrected chi connectivity index (χ2v) is 9.92. The van der Waals surface area contributed by atoms with Gasteiger partial charge in [-0.05, 0) is 62.6 Å². The van der Waals surface area contributed by atoms with Gasteiger partial charge in [-0.1, -0.05) is 71.0 Å². The van der Waals surface area contributed by atoms with Crippen LogP contribution in [0.2, 0.25) is 0 Å². The number of aliphatic hydroxyl groups excluding tert-OH is 1. The summed E-state index contributed by atoms with van der Waals surface area (Å²) in [6.07, 6.45) is 3.35. The van der Waals surface area contributed by atoms with Crippen molar-refractivity contribution < 1.29 is 9.50 Å². The molecule has 2 rings (SSSR count). The molecular weight excluding hydrogens is 402 g/mol. The van der Waals surface area contributed by atoms with Crippen LogP contribution < -0.4 is 0 Å². The molecule has 0 radical (unpaired) electrons. The van der Waals surface area contributed by atoms with Crippen LogP contribution in [0, 0.1) is 10.8 Å². The van der Waals surface area contributed by atoms with E-state index in [0.29, 0.717) is 5.57 Å². The van der Waals surface area contributed by atoms with E-state index in [1.54, 1.807) is 28.7 Å². The number of allylic oxidation sites excluding steroid dienone is 2. The van der Waals surface area contributed by atoms with Crippen molar-refractivity contribution in [3.05, 3.63) is 53.6 Å². The number of aliphatic hydroxyl groups is 1. The number of alkyl halides is 2. The quantitative estimate of drug-likeness (QED) is 0.467. The Balaban J connectivity index is 2.49. The van der Waals surface area contributed by atoms with Crippen LogP contribution in [0.15, 0.2) is 48.1 Å². The fraction of sp³-hybridized carbons (Fsp3) is 0.500. The molecule has 23 heavy (non-hydrogen) atoms. The van der Waals surface area contributed by atoms with Gasteiger partial charge in [-0.15, -0.1) is 0 Å². The Hall–Kier alpha value is -0.680. The van der Waals surface area contributed by atoms with Crippen LogP contribution in [0.5, 0.6) is 0 Å². The van der Waals surface area contributed by atoms with Crippen LogP contribution in [0.1, 0.15) is 46.6 Å². The molecule has 0 bridgehead atoms. The standard InChI is InChI=1S/C20H26FIO/c1-18(2,3)13-19(4,5)15-11-16(14-9-7-6-8-10-14)17(23)20(21,22)12-15/h6-12,17,23H,13H2,1-5H3. The molecule has 0 aliphatic heterocycles. The molecule has 0 spiro atoms. The molecule has 0 saturated heterocycles. The molecule has 3 heteroatoms. The van der Waals surface area contributed by atoms with Gasteiger partial charge in [0, 0.05) is 0 Å². The second-order valence-electron chi connectivity index (χ2n) is 8.26. The normalized spacial score (nSPS) is 25.8. The number of benzene rings is 1. The Morgan fingerprint density at radius 3 is 2.22 bits per heavy atom. The van der Waals surface area contributed by atoms with Crippen LogP contribution in [-0.4, -0.2) is 14.9 Å². The number of halogens is 2. The van der Waals surface area contributed by atoms with Crippen molar-refractivity contribution in [2.24, 2.45) is 10.8 Å². The minimum Gasteiger partial charge on any atom is -0.384 e. The van der Waals surface area contributed by atoms with E-state index in [2.05, 4.69) is 34.6 Å². The van der Waals surface area contributed by atoms with E-state index in [4.69, 9.17) is 0 Å². The van der Waals surface area contributed by atoms with Gasteiger partial charge in [0.05, 0.1) is 0 Å². The molecule has 2 unspecified atom stereocenters. The Bertz CT molecular complexity index is 621. The van der Waals surface area contributed by atoms with E-state index >= 15 is 4.39 Å². The Labute approximate surface area is 152 Å². The molecular formula is C20H26FIO. The summed E-state index contributed by atoms with van der Waals surface area (Å²) in [4.78, 5) is 0. The van der Waals surface area contributed by atoms with Crippen LogP contribution in [0.3, 0.4) is 0 Å².